The summed E-state index contributed by atoms with van der Waals surface area (Å²) < 4.78 is 37.8. The van der Waals surface area contributed by atoms with Crippen LogP contribution >= 0.6 is 11.8 Å². The highest BCUT2D eigenvalue weighted by atomic mass is 32.2. The third kappa shape index (κ3) is 5.84. The first-order valence-electron chi connectivity index (χ1n) is 10.4. The number of carbonyl (C=O) groups excluding carboxylic acids is 1. The van der Waals surface area contributed by atoms with Crippen molar-refractivity contribution in [2.75, 3.05) is 62.3 Å². The second-order valence-electron chi connectivity index (χ2n) is 7.33. The van der Waals surface area contributed by atoms with Gasteiger partial charge in [0.1, 0.15) is 19.0 Å². The van der Waals surface area contributed by atoms with Gasteiger partial charge in [0.2, 0.25) is 15.9 Å². The fraction of sp³-hybridized carbons (Fsp3) is 0.429. The Kier molecular flexibility index (Phi) is 7.38. The van der Waals surface area contributed by atoms with Gasteiger partial charge in [-0.15, -0.1) is 11.8 Å². The van der Waals surface area contributed by atoms with E-state index in [0.29, 0.717) is 50.9 Å². The number of aromatic nitrogens is 1. The van der Waals surface area contributed by atoms with Crippen LogP contribution in [-0.4, -0.2) is 81.1 Å². The van der Waals surface area contributed by atoms with Crippen LogP contribution in [0.5, 0.6) is 11.5 Å². The molecule has 1 aromatic carbocycles. The number of sulfonamides is 1. The third-order valence-electron chi connectivity index (χ3n) is 5.17. The lowest BCUT2D eigenvalue weighted by molar-refractivity contribution is -0.118. The average molecular weight is 479 g/mol. The van der Waals surface area contributed by atoms with Crippen LogP contribution in [0.25, 0.3) is 0 Å². The van der Waals surface area contributed by atoms with E-state index in [9.17, 15) is 13.2 Å². The lowest BCUT2D eigenvalue weighted by atomic mass is 10.3. The molecular formula is C21H26N4O5S2. The summed E-state index contributed by atoms with van der Waals surface area (Å²) in [6, 6.07) is 11.2. The van der Waals surface area contributed by atoms with Crippen LogP contribution in [0.4, 0.5) is 5.82 Å². The van der Waals surface area contributed by atoms with E-state index in [4.69, 9.17) is 9.47 Å². The summed E-state index contributed by atoms with van der Waals surface area (Å²) in [6.07, 6.45) is 1.73. The highest BCUT2D eigenvalue weighted by Gasteiger charge is 2.27. The number of nitrogens with one attached hydrogen (secondary N) is 1. The first-order valence-corrected chi connectivity index (χ1v) is 13.0. The molecule has 2 aromatic rings. The minimum Gasteiger partial charge on any atom is -0.486 e. The number of carbonyl (C=O) groups is 1. The Balaban J connectivity index is 1.18. The molecule has 0 bridgehead atoms. The van der Waals surface area contributed by atoms with Crippen LogP contribution in [0.3, 0.4) is 0 Å². The van der Waals surface area contributed by atoms with Gasteiger partial charge < -0.3 is 19.7 Å². The van der Waals surface area contributed by atoms with Gasteiger partial charge in [-0.2, -0.15) is 4.31 Å². The van der Waals surface area contributed by atoms with Crippen LogP contribution in [0.15, 0.2) is 47.5 Å². The van der Waals surface area contributed by atoms with Crippen molar-refractivity contribution in [3.05, 3.63) is 42.6 Å². The predicted molar refractivity (Wildman–Crippen MR) is 123 cm³/mol. The van der Waals surface area contributed by atoms with Crippen molar-refractivity contribution in [1.29, 1.82) is 0 Å². The lowest BCUT2D eigenvalue weighted by Crippen LogP contribution is -2.50. The second-order valence-corrected chi connectivity index (χ2v) is 10.5. The molecule has 0 saturated carbocycles. The zero-order chi connectivity index (χ0) is 22.4. The molecule has 3 heterocycles. The van der Waals surface area contributed by atoms with Crippen LogP contribution in [0.2, 0.25) is 0 Å². The van der Waals surface area contributed by atoms with Gasteiger partial charge in [-0.05, 0) is 30.3 Å². The third-order valence-corrected chi connectivity index (χ3v) is 8.04. The molecule has 0 aliphatic carbocycles. The SMILES string of the molecule is O=C(CSc1ccc2c(c1)OCCO2)NCCS(=O)(=O)N1CCN(c2ccccn2)CC1. The normalized spacial score (nSPS) is 16.6. The highest BCUT2D eigenvalue weighted by molar-refractivity contribution is 8.00. The number of rotatable bonds is 8. The summed E-state index contributed by atoms with van der Waals surface area (Å²) in [5.74, 6) is 2.11. The maximum absolute atomic E-state index is 12.6. The molecule has 0 unspecified atom stereocenters. The standard InChI is InChI=1S/C21H26N4O5S2/c26-21(16-31-17-4-5-18-19(15-17)30-13-12-29-18)23-7-14-32(27,28)25-10-8-24(9-11-25)20-3-1-2-6-22-20/h1-6,15H,7-14,16H2,(H,23,26). The minimum absolute atomic E-state index is 0.0866. The molecule has 1 fully saturated rings. The van der Waals surface area contributed by atoms with Crippen molar-refractivity contribution >= 4 is 33.5 Å². The Morgan fingerprint density at radius 3 is 2.59 bits per heavy atom. The number of pyridine rings is 1. The summed E-state index contributed by atoms with van der Waals surface area (Å²) in [5.41, 5.74) is 0. The smallest absolute Gasteiger partial charge is 0.230 e. The van der Waals surface area contributed by atoms with E-state index in [1.54, 1.807) is 6.20 Å². The van der Waals surface area contributed by atoms with E-state index < -0.39 is 10.0 Å². The molecule has 4 rings (SSSR count). The summed E-state index contributed by atoms with van der Waals surface area (Å²) >= 11 is 1.37. The maximum Gasteiger partial charge on any atom is 0.230 e. The lowest BCUT2D eigenvalue weighted by Gasteiger charge is -2.34. The Morgan fingerprint density at radius 1 is 1.06 bits per heavy atom. The van der Waals surface area contributed by atoms with Crippen molar-refractivity contribution in [2.45, 2.75) is 4.90 Å². The molecule has 1 N–H and O–H groups in total. The van der Waals surface area contributed by atoms with Crippen molar-refractivity contribution in [3.8, 4) is 11.5 Å². The van der Waals surface area contributed by atoms with Crippen molar-refractivity contribution in [3.63, 3.8) is 0 Å². The summed E-state index contributed by atoms with van der Waals surface area (Å²) in [4.78, 5) is 19.4. The number of amides is 1. The molecule has 0 atom stereocenters. The average Bonchev–Trinajstić information content (AvgIpc) is 2.83. The number of ether oxygens (including phenoxy) is 2. The quantitative estimate of drug-likeness (QED) is 0.565. The molecule has 2 aliphatic rings. The number of nitrogens with zero attached hydrogens (tertiary/aromatic N) is 3. The monoisotopic (exact) mass is 478 g/mol. The van der Waals surface area contributed by atoms with Gasteiger partial charge >= 0.3 is 0 Å². The molecule has 0 spiro atoms. The predicted octanol–water partition coefficient (Wildman–Crippen LogP) is 1.21. The number of anilines is 1. The first kappa shape index (κ1) is 22.7. The van der Waals surface area contributed by atoms with Crippen LogP contribution in [0, 0.1) is 0 Å². The van der Waals surface area contributed by atoms with Crippen LogP contribution < -0.4 is 19.7 Å². The van der Waals surface area contributed by atoms with Gasteiger partial charge in [-0.1, -0.05) is 6.07 Å². The number of fused-ring (bicyclic) bond motifs is 1. The Labute approximate surface area is 192 Å². The number of thioether (sulfide) groups is 1. The minimum atomic E-state index is -3.43. The number of hydrogen-bond acceptors (Lipinski definition) is 8. The van der Waals surface area contributed by atoms with Gasteiger partial charge in [0.25, 0.3) is 0 Å². The molecule has 11 heteroatoms. The zero-order valence-electron chi connectivity index (χ0n) is 17.6. The van der Waals surface area contributed by atoms with Gasteiger partial charge in [-0.3, -0.25) is 4.79 Å². The highest BCUT2D eigenvalue weighted by Crippen LogP contribution is 2.34. The Hall–Kier alpha value is -2.50. The van der Waals surface area contributed by atoms with Crippen LogP contribution in [0.1, 0.15) is 0 Å². The van der Waals surface area contributed by atoms with E-state index in [1.165, 1.54) is 16.1 Å². The van der Waals surface area contributed by atoms with Gasteiger partial charge in [-0.25, -0.2) is 13.4 Å². The van der Waals surface area contributed by atoms with Crippen molar-refractivity contribution in [1.82, 2.24) is 14.6 Å². The topological polar surface area (TPSA) is 101 Å². The number of piperazine rings is 1. The fourth-order valence-corrected chi connectivity index (χ4v) is 5.59. The zero-order valence-corrected chi connectivity index (χ0v) is 19.2. The first-order chi connectivity index (χ1) is 15.5. The largest absolute Gasteiger partial charge is 0.486 e. The molecule has 32 heavy (non-hydrogen) atoms. The van der Waals surface area contributed by atoms with Gasteiger partial charge in [0, 0.05) is 43.8 Å². The molecule has 9 nitrogen and oxygen atoms in total. The molecule has 1 aromatic heterocycles. The van der Waals surface area contributed by atoms with E-state index in [2.05, 4.69) is 15.2 Å². The Bertz CT molecular complexity index is 1030. The molecule has 2 aliphatic heterocycles. The Morgan fingerprint density at radius 2 is 1.84 bits per heavy atom. The van der Waals surface area contributed by atoms with Crippen molar-refractivity contribution < 1.29 is 22.7 Å². The van der Waals surface area contributed by atoms with Crippen molar-refractivity contribution in [2.24, 2.45) is 0 Å². The molecule has 1 amide bonds. The van der Waals surface area contributed by atoms with E-state index >= 15 is 0 Å². The number of benzene rings is 1. The number of hydrogen-bond donors (Lipinski definition) is 1. The summed E-state index contributed by atoms with van der Waals surface area (Å²) in [6.45, 7) is 3.13. The fourth-order valence-electron chi connectivity index (χ4n) is 3.50. The van der Waals surface area contributed by atoms with Crippen LogP contribution in [-0.2, 0) is 14.8 Å². The van der Waals surface area contributed by atoms with E-state index in [-0.39, 0.29) is 24.0 Å². The van der Waals surface area contributed by atoms with Gasteiger partial charge in [0.15, 0.2) is 11.5 Å². The molecule has 1 saturated heterocycles. The molecule has 0 radical (unpaired) electrons. The summed E-state index contributed by atoms with van der Waals surface area (Å²) in [7, 11) is -3.43. The molecule has 172 valence electrons. The maximum atomic E-state index is 12.6. The summed E-state index contributed by atoms with van der Waals surface area (Å²) in [5, 5.41) is 2.70. The van der Waals surface area contributed by atoms with E-state index in [1.807, 2.05) is 36.4 Å². The molecular weight excluding hydrogens is 452 g/mol. The van der Waals surface area contributed by atoms with Gasteiger partial charge in [0.05, 0.1) is 11.5 Å². The van der Waals surface area contributed by atoms with E-state index in [0.717, 1.165) is 10.7 Å². The second kappa shape index (κ2) is 10.4.